The Morgan fingerprint density at radius 1 is 0.853 bits per heavy atom. The van der Waals surface area contributed by atoms with Gasteiger partial charge in [-0.3, -0.25) is 0 Å². The maximum atomic E-state index is 6.52. The Kier molecular flexibility index (Phi) is 9.37. The first-order valence-corrected chi connectivity index (χ1v) is 14.3. The van der Waals surface area contributed by atoms with Crippen molar-refractivity contribution < 1.29 is 49.0 Å². The molecule has 3 aromatic rings. The zero-order valence-electron chi connectivity index (χ0n) is 18.9. The minimum absolute atomic E-state index is 0. The first kappa shape index (κ1) is 27.7. The Morgan fingerprint density at radius 3 is 1.94 bits per heavy atom. The first-order chi connectivity index (χ1) is 15.6. The van der Waals surface area contributed by atoms with Gasteiger partial charge in [0.25, 0.3) is 0 Å². The molecule has 1 nitrogen and oxygen atoms in total. The Labute approximate surface area is 237 Å². The zero-order valence-corrected chi connectivity index (χ0v) is 24.5. The minimum atomic E-state index is -0.675. The molecule has 5 rings (SSSR count). The molecule has 0 aromatic heterocycles. The summed E-state index contributed by atoms with van der Waals surface area (Å²) in [5.74, 6) is 1.13. The second-order valence-corrected chi connectivity index (χ2v) is 12.8. The predicted octanol–water partition coefficient (Wildman–Crippen LogP) is 1.85. The van der Waals surface area contributed by atoms with Gasteiger partial charge in [-0.1, -0.05) is 0 Å². The van der Waals surface area contributed by atoms with E-state index in [-0.39, 0.29) is 30.7 Å². The Hall–Kier alpha value is -0.839. The minimum Gasteiger partial charge on any atom is -1.00 e. The summed E-state index contributed by atoms with van der Waals surface area (Å²) in [6, 6.07) is 23.7. The second-order valence-electron chi connectivity index (χ2n) is 8.36. The van der Waals surface area contributed by atoms with Gasteiger partial charge in [0.15, 0.2) is 0 Å². The van der Waals surface area contributed by atoms with Gasteiger partial charge in [0, 0.05) is 0 Å². The molecular formula is C27H23Cl4OSiTi. The van der Waals surface area contributed by atoms with E-state index < -0.39 is 8.41 Å². The van der Waals surface area contributed by atoms with E-state index in [1.54, 1.807) is 0 Å². The largest absolute Gasteiger partial charge is 1.00 e. The molecule has 0 saturated heterocycles. The molecule has 0 N–H and O–H groups in total. The van der Waals surface area contributed by atoms with Crippen LogP contribution in [-0.2, 0) is 30.6 Å². The molecule has 2 aliphatic carbocycles. The van der Waals surface area contributed by atoms with Crippen molar-refractivity contribution in [1.29, 1.82) is 0 Å². The molecule has 0 spiro atoms. The Bertz CT molecular complexity index is 1240. The van der Waals surface area contributed by atoms with Gasteiger partial charge in [0.05, 0.1) is 0 Å². The molecule has 0 radical (unpaired) electrons. The van der Waals surface area contributed by atoms with Gasteiger partial charge in [0.1, 0.15) is 0 Å². The maximum absolute atomic E-state index is 6.52. The molecule has 0 saturated carbocycles. The summed E-state index contributed by atoms with van der Waals surface area (Å²) in [7, 11) is -0.675. The van der Waals surface area contributed by atoms with E-state index in [2.05, 4.69) is 62.4 Å². The number of fused-ring (bicyclic) bond motifs is 4. The van der Waals surface area contributed by atoms with Gasteiger partial charge in [-0.05, 0) is 0 Å². The van der Waals surface area contributed by atoms with E-state index >= 15 is 0 Å². The summed E-state index contributed by atoms with van der Waals surface area (Å²) in [4.78, 5) is 0. The summed E-state index contributed by atoms with van der Waals surface area (Å²) in [5.41, 5.74) is 8.87. The third-order valence-corrected chi connectivity index (χ3v) is 10.6. The van der Waals surface area contributed by atoms with E-state index in [4.69, 9.17) is 26.5 Å². The van der Waals surface area contributed by atoms with Crippen LogP contribution >= 0.6 is 23.2 Å². The quantitative estimate of drug-likeness (QED) is 0.428. The maximum Gasteiger partial charge on any atom is -1.00 e. The normalized spacial score (nSPS) is 14.0. The van der Waals surface area contributed by atoms with Crippen molar-refractivity contribution >= 4 is 42.4 Å². The van der Waals surface area contributed by atoms with Gasteiger partial charge >= 0.3 is 215 Å². The van der Waals surface area contributed by atoms with E-state index in [9.17, 15) is 0 Å². The van der Waals surface area contributed by atoms with Gasteiger partial charge in [-0.25, -0.2) is 0 Å². The molecule has 7 heteroatoms. The van der Waals surface area contributed by atoms with Crippen LogP contribution in [0.2, 0.25) is 22.1 Å². The molecular weight excluding hydrogens is 558 g/mol. The fraction of sp³-hybridized carbons (Fsp3) is 0.222. The molecule has 3 aromatic carbocycles. The van der Waals surface area contributed by atoms with Crippen molar-refractivity contribution in [2.24, 2.45) is 0 Å². The molecule has 2 aliphatic rings. The summed E-state index contributed by atoms with van der Waals surface area (Å²) in [5, 5.41) is 3.02. The van der Waals surface area contributed by atoms with E-state index in [1.807, 2.05) is 33.0 Å². The molecule has 0 heterocycles. The standard InChI is InChI=1S/C27H24Cl2OSi.2ClH.Ti/c1-3-31(4-2)24-13-16-7-5-6-8-19(16)26(27(24)30)25-22-14-17(28)9-11-20(22)21-12-10-18(29)15-23(21)25;;;/h5-12,14-15,25,30H,3-4,13H2,1-2H3;2*1H;/q;;;+3/p-3. The summed E-state index contributed by atoms with van der Waals surface area (Å²) in [6.45, 7) is 4.63. The molecule has 0 unspecified atom stereocenters. The van der Waals surface area contributed by atoms with Crippen molar-refractivity contribution in [2.45, 2.75) is 38.3 Å². The number of hydrogen-bond acceptors (Lipinski definition) is 1. The van der Waals surface area contributed by atoms with Crippen molar-refractivity contribution in [1.82, 2.24) is 0 Å². The van der Waals surface area contributed by atoms with Crippen LogP contribution in [0.25, 0.3) is 16.7 Å². The number of allylic oxidation sites excluding steroid dienone is 2. The monoisotopic (exact) mass is 579 g/mol. The molecule has 34 heavy (non-hydrogen) atoms. The summed E-state index contributed by atoms with van der Waals surface area (Å²) < 4.78 is 6.26. The number of rotatable bonds is 4. The summed E-state index contributed by atoms with van der Waals surface area (Å²) in [6.07, 6.45) is 0.982. The van der Waals surface area contributed by atoms with Gasteiger partial charge in [-0.15, -0.1) is 0 Å². The van der Waals surface area contributed by atoms with Gasteiger partial charge < -0.3 is 24.8 Å². The molecule has 0 aliphatic heterocycles. The third kappa shape index (κ3) is 4.64. The van der Waals surface area contributed by atoms with Gasteiger partial charge in [-0.2, -0.15) is 0 Å². The van der Waals surface area contributed by atoms with Crippen LogP contribution in [0.15, 0.2) is 66.4 Å². The van der Waals surface area contributed by atoms with Crippen molar-refractivity contribution in [3.05, 3.63) is 98.7 Å². The Balaban J connectivity index is 0.00000162. The molecule has 0 bridgehead atoms. The van der Waals surface area contributed by atoms with Crippen molar-refractivity contribution in [3.63, 3.8) is 0 Å². The fourth-order valence-electron chi connectivity index (χ4n) is 5.37. The smallest absolute Gasteiger partial charge is 1.00 e. The Morgan fingerprint density at radius 2 is 1.41 bits per heavy atom. The van der Waals surface area contributed by atoms with Crippen LogP contribution in [0.1, 0.15) is 42.0 Å². The number of hydrogen-bond donors (Lipinski definition) is 0. The van der Waals surface area contributed by atoms with Crippen LogP contribution in [0.5, 0.6) is 0 Å². The molecule has 0 atom stereocenters. The topological polar surface area (TPSA) is 9.23 Å². The van der Waals surface area contributed by atoms with Crippen LogP contribution in [0.3, 0.4) is 0 Å². The average molecular weight is 581 g/mol. The SMILES string of the molecule is CC[Si](CC)=C1Cc2ccccc2C(C2c3cc(Cl)ccc3-c3ccc(Cl)cc32)=C1[O][Ti+2].[Cl-].[Cl-]. The van der Waals surface area contributed by atoms with Gasteiger partial charge in [0.2, 0.25) is 0 Å². The van der Waals surface area contributed by atoms with Crippen molar-refractivity contribution in [2.75, 3.05) is 0 Å². The van der Waals surface area contributed by atoms with Crippen molar-refractivity contribution in [3.8, 4) is 11.1 Å². The van der Waals surface area contributed by atoms with Crippen LogP contribution in [0.4, 0.5) is 0 Å². The third-order valence-electron chi connectivity index (χ3n) is 6.80. The fourth-order valence-corrected chi connectivity index (χ4v) is 8.56. The number of halogens is 4. The molecule has 173 valence electrons. The van der Waals surface area contributed by atoms with Crippen LogP contribution < -0.4 is 24.8 Å². The molecule has 0 amide bonds. The second kappa shape index (κ2) is 11.5. The van der Waals surface area contributed by atoms with Crippen LogP contribution in [-0.4, -0.2) is 13.6 Å². The van der Waals surface area contributed by atoms with E-state index in [0.29, 0.717) is 0 Å². The number of benzene rings is 3. The van der Waals surface area contributed by atoms with Crippen LogP contribution in [0, 0.1) is 0 Å². The molecule has 0 fully saturated rings. The zero-order chi connectivity index (χ0) is 22.4. The van der Waals surface area contributed by atoms with E-state index in [1.165, 1.54) is 56.2 Å². The average Bonchev–Trinajstić information content (AvgIpc) is 3.11. The van der Waals surface area contributed by atoms with E-state index in [0.717, 1.165) is 22.2 Å². The first-order valence-electron chi connectivity index (χ1n) is 11.0. The predicted molar refractivity (Wildman–Crippen MR) is 134 cm³/mol. The summed E-state index contributed by atoms with van der Waals surface area (Å²) >= 11 is 14.9.